The van der Waals surface area contributed by atoms with E-state index in [1.807, 2.05) is 19.9 Å². The third-order valence-electron chi connectivity index (χ3n) is 4.63. The van der Waals surface area contributed by atoms with Gasteiger partial charge in [-0.1, -0.05) is 36.4 Å². The molecule has 1 aromatic carbocycles. The summed E-state index contributed by atoms with van der Waals surface area (Å²) < 4.78 is 5.41. The highest BCUT2D eigenvalue weighted by molar-refractivity contribution is 8.00. The number of nitrogens with zero attached hydrogens (tertiary/aromatic N) is 3. The van der Waals surface area contributed by atoms with Gasteiger partial charge in [0.25, 0.3) is 0 Å². The van der Waals surface area contributed by atoms with Crippen molar-refractivity contribution in [1.29, 1.82) is 10.5 Å². The van der Waals surface area contributed by atoms with E-state index in [-0.39, 0.29) is 33.4 Å². The predicted molar refractivity (Wildman–Crippen MR) is 121 cm³/mol. The first-order chi connectivity index (χ1) is 14.9. The highest BCUT2D eigenvalue weighted by Crippen LogP contribution is 2.38. The van der Waals surface area contributed by atoms with Crippen molar-refractivity contribution >= 4 is 40.8 Å². The van der Waals surface area contributed by atoms with Crippen LogP contribution in [-0.4, -0.2) is 16.1 Å². The van der Waals surface area contributed by atoms with Crippen LogP contribution < -0.4 is 11.1 Å². The summed E-state index contributed by atoms with van der Waals surface area (Å²) in [6, 6.07) is 12.6. The maximum Gasteiger partial charge on any atom is 0.237 e. The van der Waals surface area contributed by atoms with Crippen molar-refractivity contribution in [2.75, 3.05) is 11.1 Å². The van der Waals surface area contributed by atoms with E-state index in [1.54, 1.807) is 30.3 Å². The summed E-state index contributed by atoms with van der Waals surface area (Å²) >= 11 is 7.25. The molecule has 0 spiro atoms. The van der Waals surface area contributed by atoms with Crippen LogP contribution in [-0.2, 0) is 4.79 Å². The smallest absolute Gasteiger partial charge is 0.237 e. The zero-order valence-corrected chi connectivity index (χ0v) is 18.3. The third kappa shape index (κ3) is 4.51. The minimum Gasteiger partial charge on any atom is -0.464 e. The number of rotatable bonds is 6. The van der Waals surface area contributed by atoms with Crippen LogP contribution in [0.5, 0.6) is 0 Å². The molecule has 0 aliphatic rings. The van der Waals surface area contributed by atoms with Gasteiger partial charge in [-0.05, 0) is 43.2 Å². The van der Waals surface area contributed by atoms with Gasteiger partial charge in [0.1, 0.15) is 34.3 Å². The van der Waals surface area contributed by atoms with E-state index in [4.69, 9.17) is 21.8 Å². The van der Waals surface area contributed by atoms with Crippen LogP contribution in [0, 0.1) is 29.6 Å². The van der Waals surface area contributed by atoms with Crippen molar-refractivity contribution in [1.82, 2.24) is 4.98 Å². The maximum absolute atomic E-state index is 12.9. The Morgan fingerprint density at radius 3 is 2.65 bits per heavy atom. The fourth-order valence-electron chi connectivity index (χ4n) is 2.96. The number of furan rings is 1. The highest BCUT2D eigenvalue weighted by atomic mass is 35.5. The molecule has 3 aromatic rings. The molecule has 3 N–H and O–H groups in total. The second-order valence-corrected chi connectivity index (χ2v) is 8.14. The molecule has 0 aliphatic heterocycles. The van der Waals surface area contributed by atoms with Crippen LogP contribution in [0.4, 0.5) is 11.5 Å². The minimum absolute atomic E-state index is 0.0312. The van der Waals surface area contributed by atoms with Crippen molar-refractivity contribution in [3.8, 4) is 23.5 Å². The normalized spacial score (nSPS) is 11.4. The quantitative estimate of drug-likeness (QED) is 0.496. The Morgan fingerprint density at radius 2 is 2.03 bits per heavy atom. The number of nitrogens with two attached hydrogens (primary N) is 1. The molecule has 3 rings (SSSR count). The number of carbonyl (C=O) groups excluding carboxylic acids is 1. The van der Waals surface area contributed by atoms with Gasteiger partial charge >= 0.3 is 0 Å². The first-order valence-corrected chi connectivity index (χ1v) is 10.6. The number of anilines is 2. The summed E-state index contributed by atoms with van der Waals surface area (Å²) in [5.41, 5.74) is 7.84. The average Bonchev–Trinajstić information content (AvgIpc) is 3.29. The second-order valence-electron chi connectivity index (χ2n) is 6.54. The summed E-state index contributed by atoms with van der Waals surface area (Å²) in [6.45, 7) is 3.67. The molecule has 2 aromatic heterocycles. The van der Waals surface area contributed by atoms with Crippen molar-refractivity contribution in [3.63, 3.8) is 0 Å². The number of nitriles is 2. The first-order valence-electron chi connectivity index (χ1n) is 9.31. The van der Waals surface area contributed by atoms with Crippen LogP contribution in [0.2, 0.25) is 5.02 Å². The lowest BCUT2D eigenvalue weighted by Gasteiger charge is -2.18. The summed E-state index contributed by atoms with van der Waals surface area (Å²) in [4.78, 5) is 17.2. The van der Waals surface area contributed by atoms with Crippen LogP contribution >= 0.6 is 23.4 Å². The SMILES string of the molecule is CCC(Sc1nc(N)c(C#N)c(-c2ccco2)c1C#N)C(=O)Nc1cccc(Cl)c1C. The number of benzene rings is 1. The summed E-state index contributed by atoms with van der Waals surface area (Å²) in [5.74, 6) is 0.0403. The molecule has 0 fully saturated rings. The number of amides is 1. The molecule has 0 bridgehead atoms. The van der Waals surface area contributed by atoms with E-state index >= 15 is 0 Å². The Balaban J connectivity index is 1.99. The standard InChI is InChI=1S/C22H18ClN5O2S/c1-3-18(21(29)27-16-7-4-6-15(23)12(16)2)31-22-14(11-25)19(17-8-5-9-30-17)13(10-24)20(26)28-22/h4-9,18H,3H2,1-2H3,(H2,26,28)(H,27,29). The fourth-order valence-corrected chi connectivity index (χ4v) is 4.16. The molecule has 7 nitrogen and oxygen atoms in total. The van der Waals surface area contributed by atoms with Gasteiger partial charge < -0.3 is 15.5 Å². The Bertz CT molecular complexity index is 1210. The zero-order valence-electron chi connectivity index (χ0n) is 16.8. The Morgan fingerprint density at radius 1 is 1.29 bits per heavy atom. The number of aromatic nitrogens is 1. The van der Waals surface area contributed by atoms with Crippen LogP contribution in [0.1, 0.15) is 30.0 Å². The summed E-state index contributed by atoms with van der Waals surface area (Å²) in [5, 5.41) is 22.5. The van der Waals surface area contributed by atoms with Gasteiger partial charge in [-0.15, -0.1) is 0 Å². The van der Waals surface area contributed by atoms with Crippen LogP contribution in [0.3, 0.4) is 0 Å². The van der Waals surface area contributed by atoms with Gasteiger partial charge in [0.05, 0.1) is 22.6 Å². The fraction of sp³-hybridized carbons (Fsp3) is 0.182. The summed E-state index contributed by atoms with van der Waals surface area (Å²) in [7, 11) is 0. The van der Waals surface area contributed by atoms with Gasteiger partial charge in [0.2, 0.25) is 5.91 Å². The van der Waals surface area contributed by atoms with Crippen molar-refractivity contribution in [2.45, 2.75) is 30.5 Å². The van der Waals surface area contributed by atoms with Gasteiger partial charge in [0, 0.05) is 10.7 Å². The lowest BCUT2D eigenvalue weighted by atomic mass is 10.0. The van der Waals surface area contributed by atoms with Crippen LogP contribution in [0.25, 0.3) is 11.3 Å². The van der Waals surface area contributed by atoms with E-state index in [1.165, 1.54) is 6.26 Å². The minimum atomic E-state index is -0.560. The van der Waals surface area contributed by atoms with Gasteiger partial charge in [-0.25, -0.2) is 4.98 Å². The van der Waals surface area contributed by atoms with Crippen molar-refractivity contribution in [2.24, 2.45) is 0 Å². The molecule has 1 atom stereocenters. The molecule has 31 heavy (non-hydrogen) atoms. The zero-order chi connectivity index (χ0) is 22.5. The third-order valence-corrected chi connectivity index (χ3v) is 6.39. The van der Waals surface area contributed by atoms with Gasteiger partial charge in [-0.2, -0.15) is 10.5 Å². The molecular formula is C22H18ClN5O2S. The summed E-state index contributed by atoms with van der Waals surface area (Å²) in [6.07, 6.45) is 1.91. The first kappa shape index (κ1) is 22.2. The van der Waals surface area contributed by atoms with E-state index in [0.29, 0.717) is 22.9 Å². The van der Waals surface area contributed by atoms with Gasteiger partial charge in [0.15, 0.2) is 0 Å². The molecule has 0 radical (unpaired) electrons. The van der Waals surface area contributed by atoms with E-state index in [9.17, 15) is 15.3 Å². The van der Waals surface area contributed by atoms with Crippen molar-refractivity contribution in [3.05, 3.63) is 58.3 Å². The predicted octanol–water partition coefficient (Wildman–Crippen LogP) is 5.14. The molecule has 156 valence electrons. The van der Waals surface area contributed by atoms with Crippen LogP contribution in [0.15, 0.2) is 46.0 Å². The monoisotopic (exact) mass is 451 g/mol. The average molecular weight is 452 g/mol. The topological polar surface area (TPSA) is 129 Å². The van der Waals surface area contributed by atoms with Gasteiger partial charge in [-0.3, -0.25) is 4.79 Å². The number of halogens is 1. The number of thioether (sulfide) groups is 1. The van der Waals surface area contributed by atoms with E-state index < -0.39 is 5.25 Å². The molecule has 1 amide bonds. The highest BCUT2D eigenvalue weighted by Gasteiger charge is 2.26. The number of nitrogens with one attached hydrogen (secondary N) is 1. The number of carbonyl (C=O) groups is 1. The molecular weight excluding hydrogens is 434 g/mol. The Hall–Kier alpha value is -3.46. The van der Waals surface area contributed by atoms with E-state index in [0.717, 1.165) is 17.3 Å². The largest absolute Gasteiger partial charge is 0.464 e. The molecule has 0 saturated heterocycles. The Kier molecular flexibility index (Phi) is 6.86. The lowest BCUT2D eigenvalue weighted by molar-refractivity contribution is -0.115. The number of nitrogen functional groups attached to an aromatic ring is 1. The van der Waals surface area contributed by atoms with E-state index in [2.05, 4.69) is 16.4 Å². The Labute approximate surface area is 188 Å². The molecule has 1 unspecified atom stereocenters. The molecule has 0 saturated carbocycles. The second kappa shape index (κ2) is 9.57. The molecule has 9 heteroatoms. The maximum atomic E-state index is 12.9. The molecule has 2 heterocycles. The van der Waals surface area contributed by atoms with Crippen molar-refractivity contribution < 1.29 is 9.21 Å². The number of pyridine rings is 1. The number of hydrogen-bond donors (Lipinski definition) is 2. The number of hydrogen-bond acceptors (Lipinski definition) is 7. The lowest BCUT2D eigenvalue weighted by Crippen LogP contribution is -2.25. The molecule has 0 aliphatic carbocycles.